The van der Waals surface area contributed by atoms with Crippen molar-refractivity contribution in [3.8, 4) is 11.8 Å². The van der Waals surface area contributed by atoms with Crippen molar-refractivity contribution in [3.63, 3.8) is 0 Å². The summed E-state index contributed by atoms with van der Waals surface area (Å²) in [6.07, 6.45) is 2.74. The van der Waals surface area contributed by atoms with Crippen molar-refractivity contribution in [2.45, 2.75) is 25.3 Å². The molecule has 0 radical (unpaired) electrons. The molecule has 6 nitrogen and oxygen atoms in total. The third kappa shape index (κ3) is 4.02. The molecule has 0 saturated carbocycles. The zero-order chi connectivity index (χ0) is 19.6. The van der Waals surface area contributed by atoms with Gasteiger partial charge in [-0.1, -0.05) is 35.9 Å². The fourth-order valence-electron chi connectivity index (χ4n) is 4.18. The van der Waals surface area contributed by atoms with Crippen LogP contribution in [0.25, 0.3) is 0 Å². The first-order chi connectivity index (χ1) is 13.5. The van der Waals surface area contributed by atoms with E-state index in [-0.39, 0.29) is 28.5 Å². The van der Waals surface area contributed by atoms with Gasteiger partial charge in [-0.05, 0) is 36.8 Å². The van der Waals surface area contributed by atoms with Crippen LogP contribution in [-0.2, 0) is 9.59 Å². The van der Waals surface area contributed by atoms with Crippen molar-refractivity contribution in [1.82, 2.24) is 15.1 Å². The summed E-state index contributed by atoms with van der Waals surface area (Å²) >= 11 is 1.17. The summed E-state index contributed by atoms with van der Waals surface area (Å²) in [7, 11) is 0. The second kappa shape index (κ2) is 7.88. The second-order valence-electron chi connectivity index (χ2n) is 7.71. The van der Waals surface area contributed by atoms with Gasteiger partial charge in [0.05, 0.1) is 0 Å². The van der Waals surface area contributed by atoms with Crippen molar-refractivity contribution in [1.29, 1.82) is 0 Å². The number of benzene rings is 1. The number of carbonyl (C=O) groups excluding carboxylic acids is 3. The van der Waals surface area contributed by atoms with Crippen LogP contribution in [0.5, 0.6) is 0 Å². The molecular formula is C21H23N3O3S. The number of piperidine rings is 1. The number of hydrogen-bond donors (Lipinski definition) is 1. The maximum absolute atomic E-state index is 12.6. The highest BCUT2D eigenvalue weighted by Crippen LogP contribution is 2.40. The molecule has 1 aromatic rings. The molecule has 0 aliphatic carbocycles. The summed E-state index contributed by atoms with van der Waals surface area (Å²) in [5.41, 5.74) is 0.932. The number of likely N-dealkylation sites (tertiary alicyclic amines) is 2. The predicted octanol–water partition coefficient (Wildman–Crippen LogP) is 1.70. The first-order valence-electron chi connectivity index (χ1n) is 9.63. The Morgan fingerprint density at radius 1 is 1.07 bits per heavy atom. The van der Waals surface area contributed by atoms with E-state index in [0.29, 0.717) is 18.8 Å². The molecule has 4 rings (SSSR count). The van der Waals surface area contributed by atoms with Gasteiger partial charge in [-0.15, -0.1) is 0 Å². The van der Waals surface area contributed by atoms with Crippen LogP contribution >= 0.6 is 11.8 Å². The Kier molecular flexibility index (Phi) is 5.31. The van der Waals surface area contributed by atoms with Crippen LogP contribution < -0.4 is 5.32 Å². The van der Waals surface area contributed by atoms with Crippen LogP contribution in [0, 0.1) is 17.3 Å². The van der Waals surface area contributed by atoms with E-state index in [1.807, 2.05) is 40.1 Å². The zero-order valence-corrected chi connectivity index (χ0v) is 16.5. The predicted molar refractivity (Wildman–Crippen MR) is 108 cm³/mol. The highest BCUT2D eigenvalue weighted by atomic mass is 32.2. The van der Waals surface area contributed by atoms with E-state index in [2.05, 4.69) is 17.2 Å². The van der Waals surface area contributed by atoms with Crippen molar-refractivity contribution in [2.75, 3.05) is 31.9 Å². The van der Waals surface area contributed by atoms with Gasteiger partial charge in [-0.25, -0.2) is 0 Å². The lowest BCUT2D eigenvalue weighted by Crippen LogP contribution is -2.47. The largest absolute Gasteiger partial charge is 0.340 e. The third-order valence-electron chi connectivity index (χ3n) is 5.92. The van der Waals surface area contributed by atoms with E-state index in [9.17, 15) is 14.4 Å². The van der Waals surface area contributed by atoms with Crippen molar-refractivity contribution < 1.29 is 14.4 Å². The molecule has 3 aliphatic heterocycles. The van der Waals surface area contributed by atoms with Gasteiger partial charge < -0.3 is 15.1 Å². The number of hydrogen-bond acceptors (Lipinski definition) is 4. The lowest BCUT2D eigenvalue weighted by Gasteiger charge is -2.38. The zero-order valence-electron chi connectivity index (χ0n) is 15.6. The highest BCUT2D eigenvalue weighted by molar-refractivity contribution is 8.14. The lowest BCUT2D eigenvalue weighted by atomic mass is 9.78. The first-order valence-corrected chi connectivity index (χ1v) is 10.6. The summed E-state index contributed by atoms with van der Waals surface area (Å²) in [4.78, 5) is 40.1. The molecule has 3 heterocycles. The van der Waals surface area contributed by atoms with Crippen LogP contribution in [0.2, 0.25) is 0 Å². The molecule has 3 aliphatic rings. The molecule has 0 bridgehead atoms. The number of amides is 3. The fraction of sp³-hybridized carbons (Fsp3) is 0.476. The molecule has 3 saturated heterocycles. The Hall–Kier alpha value is -2.46. The molecule has 1 spiro atoms. The topological polar surface area (TPSA) is 69.7 Å². The molecule has 0 unspecified atom stereocenters. The molecule has 146 valence electrons. The van der Waals surface area contributed by atoms with E-state index in [1.165, 1.54) is 11.8 Å². The molecule has 3 fully saturated rings. The van der Waals surface area contributed by atoms with Gasteiger partial charge in [0.2, 0.25) is 5.91 Å². The van der Waals surface area contributed by atoms with Crippen molar-refractivity contribution in [3.05, 3.63) is 35.9 Å². The van der Waals surface area contributed by atoms with E-state index < -0.39 is 0 Å². The maximum atomic E-state index is 12.6. The van der Waals surface area contributed by atoms with Gasteiger partial charge in [0.1, 0.15) is 6.04 Å². The molecule has 7 heteroatoms. The molecular weight excluding hydrogens is 374 g/mol. The molecule has 28 heavy (non-hydrogen) atoms. The smallest absolute Gasteiger partial charge is 0.298 e. The Balaban J connectivity index is 1.30. The van der Waals surface area contributed by atoms with E-state index in [0.717, 1.165) is 37.9 Å². The highest BCUT2D eigenvalue weighted by Gasteiger charge is 2.44. The van der Waals surface area contributed by atoms with Gasteiger partial charge in [0.15, 0.2) is 0 Å². The molecule has 0 aromatic heterocycles. The Labute approximate surface area is 169 Å². The minimum absolute atomic E-state index is 0.0301. The van der Waals surface area contributed by atoms with Gasteiger partial charge in [-0.2, -0.15) is 0 Å². The Bertz CT molecular complexity index is 837. The number of rotatable bonds is 1. The first kappa shape index (κ1) is 18.9. The quantitative estimate of drug-likeness (QED) is 0.733. The molecule has 3 amide bonds. The van der Waals surface area contributed by atoms with E-state index in [1.54, 1.807) is 0 Å². The molecule has 1 N–H and O–H groups in total. The molecule has 1 atom stereocenters. The average Bonchev–Trinajstić information content (AvgIpc) is 3.34. The summed E-state index contributed by atoms with van der Waals surface area (Å²) < 4.78 is 0. The normalized spacial score (nSPS) is 23.3. The number of carbonyl (C=O) groups is 3. The number of nitrogens with zero attached hydrogens (tertiary/aromatic N) is 2. The summed E-state index contributed by atoms with van der Waals surface area (Å²) in [6, 6.07) is 9.13. The fourth-order valence-corrected chi connectivity index (χ4v) is 4.95. The van der Waals surface area contributed by atoms with Crippen LogP contribution in [0.15, 0.2) is 30.3 Å². The lowest BCUT2D eigenvalue weighted by molar-refractivity contribution is -0.132. The van der Waals surface area contributed by atoms with Gasteiger partial charge >= 0.3 is 0 Å². The van der Waals surface area contributed by atoms with Crippen LogP contribution in [0.1, 0.15) is 24.8 Å². The maximum Gasteiger partial charge on any atom is 0.298 e. The van der Waals surface area contributed by atoms with Gasteiger partial charge in [0.25, 0.3) is 11.1 Å². The van der Waals surface area contributed by atoms with Crippen LogP contribution in [-0.4, -0.2) is 64.8 Å². The number of nitrogens with one attached hydrogen (secondary N) is 1. The summed E-state index contributed by atoms with van der Waals surface area (Å²) in [5, 5.41) is 2.62. The number of thioether (sulfide) groups is 1. The van der Waals surface area contributed by atoms with Crippen LogP contribution in [0.4, 0.5) is 4.79 Å². The van der Waals surface area contributed by atoms with E-state index >= 15 is 0 Å². The van der Waals surface area contributed by atoms with E-state index in [4.69, 9.17) is 0 Å². The minimum atomic E-state index is -0.387. The third-order valence-corrected chi connectivity index (χ3v) is 6.80. The Morgan fingerprint density at radius 2 is 1.75 bits per heavy atom. The summed E-state index contributed by atoms with van der Waals surface area (Å²) in [6.45, 7) is 2.82. The Morgan fingerprint density at radius 3 is 2.39 bits per heavy atom. The van der Waals surface area contributed by atoms with Gasteiger partial charge in [-0.3, -0.25) is 14.4 Å². The standard InChI is InChI=1S/C21H23N3O3S/c25-18(7-6-16-4-2-1-3-5-16)23-11-8-21(9-12-23)10-13-24(15-21)19(26)17-14-28-20(27)22-17/h1-5,17H,8-15H2,(H,22,27)/t17-/m0/s1. The second-order valence-corrected chi connectivity index (χ2v) is 8.71. The molecule has 1 aromatic carbocycles. The van der Waals surface area contributed by atoms with Crippen LogP contribution in [0.3, 0.4) is 0 Å². The van der Waals surface area contributed by atoms with Crippen molar-refractivity contribution in [2.24, 2.45) is 5.41 Å². The SMILES string of the molecule is O=C1N[C@H](C(=O)N2CCC3(CCN(C(=O)C#Cc4ccccc4)CC3)C2)CS1. The monoisotopic (exact) mass is 397 g/mol. The minimum Gasteiger partial charge on any atom is -0.340 e. The van der Waals surface area contributed by atoms with Gasteiger partial charge in [0, 0.05) is 43.4 Å². The summed E-state index contributed by atoms with van der Waals surface area (Å²) in [5.74, 6) is 6.09. The average molecular weight is 398 g/mol. The van der Waals surface area contributed by atoms with Crippen molar-refractivity contribution >= 4 is 28.8 Å².